The third-order valence-electron chi connectivity index (χ3n) is 5.06. The molecule has 0 spiro atoms. The first kappa shape index (κ1) is 19.9. The van der Waals surface area contributed by atoms with E-state index in [1.165, 1.54) is 17.9 Å². The fourth-order valence-electron chi connectivity index (χ4n) is 3.46. The molecule has 1 atom stereocenters. The Morgan fingerprint density at radius 1 is 1.43 bits per heavy atom. The minimum absolute atomic E-state index is 0.168. The Hall–Kier alpha value is -2.89. The first-order chi connectivity index (χ1) is 13.3. The van der Waals surface area contributed by atoms with E-state index in [1.807, 2.05) is 0 Å². The van der Waals surface area contributed by atoms with Crippen LogP contribution in [0.4, 0.5) is 25.0 Å². The number of alkyl halides is 1. The Morgan fingerprint density at radius 3 is 2.75 bits per heavy atom. The van der Waals surface area contributed by atoms with Crippen LogP contribution in [0, 0.1) is 12.4 Å². The molecule has 9 heteroatoms. The van der Waals surface area contributed by atoms with Crippen molar-refractivity contribution in [1.29, 1.82) is 0 Å². The number of rotatable bonds is 5. The fourth-order valence-corrected chi connectivity index (χ4v) is 3.46. The number of amides is 2. The van der Waals surface area contributed by atoms with Crippen molar-refractivity contribution in [2.75, 3.05) is 42.5 Å². The Morgan fingerprint density at radius 2 is 2.14 bits per heavy atom. The fraction of sp³-hybridized carbons (Fsp3) is 0.526. The third-order valence-corrected chi connectivity index (χ3v) is 5.06. The average Bonchev–Trinajstić information content (AvgIpc) is 3.02. The molecule has 2 heterocycles. The van der Waals surface area contributed by atoms with Crippen LogP contribution in [-0.2, 0) is 9.53 Å². The van der Waals surface area contributed by atoms with Gasteiger partial charge in [-0.15, -0.1) is 0 Å². The van der Waals surface area contributed by atoms with Crippen LogP contribution in [0.1, 0.15) is 19.8 Å². The number of anilines is 2. The van der Waals surface area contributed by atoms with Crippen LogP contribution in [0.25, 0.3) is 4.85 Å². The van der Waals surface area contributed by atoms with E-state index in [9.17, 15) is 18.4 Å². The molecule has 7 nitrogen and oxygen atoms in total. The molecule has 0 unspecified atom stereocenters. The molecular formula is C19H22F2N4O3. The molecule has 150 valence electrons. The second-order valence-electron chi connectivity index (χ2n) is 7.14. The highest BCUT2D eigenvalue weighted by Gasteiger charge is 2.38. The van der Waals surface area contributed by atoms with Gasteiger partial charge >= 0.3 is 6.09 Å². The van der Waals surface area contributed by atoms with Crippen LogP contribution >= 0.6 is 0 Å². The predicted molar refractivity (Wildman–Crippen MR) is 99.5 cm³/mol. The summed E-state index contributed by atoms with van der Waals surface area (Å²) in [7, 11) is 0. The highest BCUT2D eigenvalue weighted by Crippen LogP contribution is 2.33. The number of hydrogen-bond donors (Lipinski definition) is 1. The van der Waals surface area contributed by atoms with Crippen molar-refractivity contribution in [2.45, 2.75) is 31.5 Å². The summed E-state index contributed by atoms with van der Waals surface area (Å²) in [5, 5.41) is 2.59. The lowest BCUT2D eigenvalue weighted by Crippen LogP contribution is -2.43. The molecule has 1 aromatic carbocycles. The van der Waals surface area contributed by atoms with Gasteiger partial charge in [-0.2, -0.15) is 0 Å². The SMILES string of the molecule is [C-]#[N+]CC1(F)CCN(c2ccc(N3C[C@H](CNC(C)=O)OC3=O)cc2F)CC1. The van der Waals surface area contributed by atoms with Crippen molar-refractivity contribution >= 4 is 23.4 Å². The van der Waals surface area contributed by atoms with Crippen molar-refractivity contribution in [1.82, 2.24) is 5.32 Å². The van der Waals surface area contributed by atoms with Crippen molar-refractivity contribution < 1.29 is 23.1 Å². The Balaban J connectivity index is 1.66. The first-order valence-corrected chi connectivity index (χ1v) is 9.10. The summed E-state index contributed by atoms with van der Waals surface area (Å²) in [6, 6.07) is 4.45. The normalized spacial score (nSPS) is 21.2. The summed E-state index contributed by atoms with van der Waals surface area (Å²) in [6.45, 7) is 9.11. The second kappa shape index (κ2) is 8.00. The zero-order valence-electron chi connectivity index (χ0n) is 15.6. The predicted octanol–water partition coefficient (Wildman–Crippen LogP) is 2.51. The molecular weight excluding hydrogens is 370 g/mol. The molecule has 1 N–H and O–H groups in total. The summed E-state index contributed by atoms with van der Waals surface area (Å²) in [5.74, 6) is -0.729. The van der Waals surface area contributed by atoms with Crippen LogP contribution in [0.5, 0.6) is 0 Å². The molecule has 2 aliphatic heterocycles. The molecule has 0 saturated carbocycles. The number of cyclic esters (lactones) is 1. The Kier molecular flexibility index (Phi) is 5.68. The lowest BCUT2D eigenvalue weighted by molar-refractivity contribution is -0.119. The summed E-state index contributed by atoms with van der Waals surface area (Å²) >= 11 is 0. The van der Waals surface area contributed by atoms with Gasteiger partial charge in [0.25, 0.3) is 0 Å². The maximum atomic E-state index is 14.7. The number of hydrogen-bond acceptors (Lipinski definition) is 4. The average molecular weight is 392 g/mol. The summed E-state index contributed by atoms with van der Waals surface area (Å²) in [5.41, 5.74) is -0.797. The number of ether oxygens (including phenoxy) is 1. The van der Waals surface area contributed by atoms with Crippen LogP contribution < -0.4 is 15.1 Å². The van der Waals surface area contributed by atoms with Gasteiger partial charge in [-0.3, -0.25) is 9.69 Å². The summed E-state index contributed by atoms with van der Waals surface area (Å²) in [4.78, 5) is 29.3. The zero-order chi connectivity index (χ0) is 20.3. The van der Waals surface area contributed by atoms with E-state index in [0.717, 1.165) is 0 Å². The minimum atomic E-state index is -1.50. The molecule has 0 bridgehead atoms. The van der Waals surface area contributed by atoms with Gasteiger partial charge < -0.3 is 19.8 Å². The monoisotopic (exact) mass is 392 g/mol. The van der Waals surface area contributed by atoms with Crippen LogP contribution in [0.3, 0.4) is 0 Å². The molecule has 0 aromatic heterocycles. The van der Waals surface area contributed by atoms with E-state index >= 15 is 0 Å². The van der Waals surface area contributed by atoms with E-state index in [1.54, 1.807) is 17.0 Å². The number of carbonyl (C=O) groups is 2. The molecule has 3 rings (SSSR count). The number of carbonyl (C=O) groups excluding carboxylic acids is 2. The van der Waals surface area contributed by atoms with Gasteiger partial charge in [0.1, 0.15) is 11.9 Å². The largest absolute Gasteiger partial charge is 0.442 e. The molecule has 1 aromatic rings. The third kappa shape index (κ3) is 4.32. The lowest BCUT2D eigenvalue weighted by atomic mass is 9.93. The van der Waals surface area contributed by atoms with Crippen molar-refractivity contribution in [2.24, 2.45) is 0 Å². The number of piperidine rings is 1. The molecule has 0 aliphatic carbocycles. The minimum Gasteiger partial charge on any atom is -0.442 e. The van der Waals surface area contributed by atoms with E-state index < -0.39 is 23.7 Å². The van der Waals surface area contributed by atoms with Crippen LogP contribution in [0.15, 0.2) is 18.2 Å². The van der Waals surface area contributed by atoms with Crippen molar-refractivity contribution in [3.63, 3.8) is 0 Å². The zero-order valence-corrected chi connectivity index (χ0v) is 15.6. The Bertz CT molecular complexity index is 803. The highest BCUT2D eigenvalue weighted by molar-refractivity contribution is 5.90. The summed E-state index contributed by atoms with van der Waals surface area (Å²) in [6.07, 6.45) is -0.733. The molecule has 2 aliphatic rings. The molecule has 28 heavy (non-hydrogen) atoms. The van der Waals surface area contributed by atoms with Gasteiger partial charge in [0.15, 0.2) is 5.67 Å². The molecule has 0 radical (unpaired) electrons. The number of benzene rings is 1. The smallest absolute Gasteiger partial charge is 0.414 e. The molecule has 2 saturated heterocycles. The Labute approximate surface area is 162 Å². The second-order valence-corrected chi connectivity index (χ2v) is 7.14. The van der Waals surface area contributed by atoms with Gasteiger partial charge in [0, 0.05) is 32.9 Å². The van der Waals surface area contributed by atoms with Gasteiger partial charge in [-0.05, 0) is 18.2 Å². The number of nitrogens with zero attached hydrogens (tertiary/aromatic N) is 3. The van der Waals surface area contributed by atoms with Crippen molar-refractivity contribution in [3.05, 3.63) is 35.4 Å². The van der Waals surface area contributed by atoms with E-state index in [2.05, 4.69) is 10.2 Å². The lowest BCUT2D eigenvalue weighted by Gasteiger charge is -2.35. The van der Waals surface area contributed by atoms with Crippen LogP contribution in [0.2, 0.25) is 0 Å². The standard InChI is InChI=1S/C19H22F2N4O3/c1-13(26)23-10-15-11-25(18(27)28-15)14-3-4-17(16(20)9-14)24-7-5-19(21,6-8-24)12-22-2/h3-4,9,15H,5-8,10-12H2,1H3,(H,23,26)/t15-/m0/s1. The van der Waals surface area contributed by atoms with Gasteiger partial charge in [-0.25, -0.2) is 20.1 Å². The quantitative estimate of drug-likeness (QED) is 0.782. The van der Waals surface area contributed by atoms with Gasteiger partial charge in [-0.1, -0.05) is 0 Å². The van der Waals surface area contributed by atoms with Crippen LogP contribution in [-0.4, -0.2) is 56.5 Å². The van der Waals surface area contributed by atoms with E-state index in [4.69, 9.17) is 11.3 Å². The highest BCUT2D eigenvalue weighted by atomic mass is 19.1. The van der Waals surface area contributed by atoms with Crippen molar-refractivity contribution in [3.8, 4) is 0 Å². The molecule has 2 fully saturated rings. The molecule has 2 amide bonds. The van der Waals surface area contributed by atoms with E-state index in [-0.39, 0.29) is 38.4 Å². The first-order valence-electron chi connectivity index (χ1n) is 9.10. The number of nitrogens with one attached hydrogen (secondary N) is 1. The van der Waals surface area contributed by atoms with E-state index in [0.29, 0.717) is 24.5 Å². The maximum Gasteiger partial charge on any atom is 0.414 e. The topological polar surface area (TPSA) is 66.2 Å². The maximum absolute atomic E-state index is 14.7. The number of halogens is 2. The summed E-state index contributed by atoms with van der Waals surface area (Å²) < 4.78 is 34.3. The van der Waals surface area contributed by atoms with Gasteiger partial charge in [0.05, 0.1) is 24.5 Å². The van der Waals surface area contributed by atoms with Gasteiger partial charge in [0.2, 0.25) is 12.5 Å².